The van der Waals surface area contributed by atoms with Gasteiger partial charge in [0.25, 0.3) is 0 Å². The van der Waals surface area contributed by atoms with E-state index in [9.17, 15) is 0 Å². The summed E-state index contributed by atoms with van der Waals surface area (Å²) in [6, 6.07) is 8.51. The van der Waals surface area contributed by atoms with Crippen molar-refractivity contribution in [2.75, 3.05) is 13.2 Å². The number of hydrogen-bond acceptors (Lipinski definition) is 4. The van der Waals surface area contributed by atoms with Gasteiger partial charge in [-0.2, -0.15) is 10.2 Å². The maximum Gasteiger partial charge on any atom is 0.127 e. The Hall–Kier alpha value is -1.94. The van der Waals surface area contributed by atoms with Gasteiger partial charge in [-0.15, -0.1) is 0 Å². The van der Waals surface area contributed by atoms with Crippen LogP contribution in [-0.2, 0) is 6.42 Å². The first-order valence-electron chi connectivity index (χ1n) is 7.14. The zero-order valence-corrected chi connectivity index (χ0v) is 11.7. The van der Waals surface area contributed by atoms with Gasteiger partial charge in [-0.3, -0.25) is 0 Å². The minimum atomic E-state index is 0.110. The van der Waals surface area contributed by atoms with Gasteiger partial charge in [0.15, 0.2) is 0 Å². The second kappa shape index (κ2) is 6.01. The van der Waals surface area contributed by atoms with Gasteiger partial charge in [0.2, 0.25) is 0 Å². The molecule has 1 aromatic carbocycles. The van der Waals surface area contributed by atoms with Crippen LogP contribution >= 0.6 is 0 Å². The highest BCUT2D eigenvalue weighted by Gasteiger charge is 2.23. The Labute approximate surface area is 119 Å². The minimum absolute atomic E-state index is 0.110. The molecule has 0 fully saturated rings. The number of aromatic nitrogens is 2. The fourth-order valence-electron chi connectivity index (χ4n) is 2.64. The Morgan fingerprint density at radius 1 is 1.30 bits per heavy atom. The lowest BCUT2D eigenvalue weighted by Gasteiger charge is -2.21. The summed E-state index contributed by atoms with van der Waals surface area (Å²) >= 11 is 0. The lowest BCUT2D eigenvalue weighted by atomic mass is 9.97. The van der Waals surface area contributed by atoms with E-state index in [1.54, 1.807) is 6.20 Å². The summed E-state index contributed by atoms with van der Waals surface area (Å²) < 4.78 is 5.84. The molecule has 3 rings (SSSR count). The maximum absolute atomic E-state index is 5.84. The van der Waals surface area contributed by atoms with E-state index in [1.807, 2.05) is 12.3 Å². The third-order valence-corrected chi connectivity index (χ3v) is 3.59. The van der Waals surface area contributed by atoms with Crippen LogP contribution in [0.15, 0.2) is 36.7 Å². The lowest BCUT2D eigenvalue weighted by Crippen LogP contribution is -2.23. The number of ether oxygens (including phenoxy) is 1. The van der Waals surface area contributed by atoms with E-state index in [0.29, 0.717) is 0 Å². The molecule has 4 heteroatoms. The molecule has 2 aromatic rings. The van der Waals surface area contributed by atoms with Gasteiger partial charge < -0.3 is 10.1 Å². The van der Waals surface area contributed by atoms with Crippen LogP contribution in [0.25, 0.3) is 0 Å². The molecule has 104 valence electrons. The molecule has 1 atom stereocenters. The monoisotopic (exact) mass is 269 g/mol. The second-order valence-corrected chi connectivity index (χ2v) is 5.00. The van der Waals surface area contributed by atoms with E-state index >= 15 is 0 Å². The Balaban J connectivity index is 2.00. The van der Waals surface area contributed by atoms with Crippen molar-refractivity contribution in [2.24, 2.45) is 0 Å². The molecule has 4 nitrogen and oxygen atoms in total. The predicted molar refractivity (Wildman–Crippen MR) is 77.8 cm³/mol. The van der Waals surface area contributed by atoms with Crippen molar-refractivity contribution in [1.29, 1.82) is 0 Å². The Bertz CT molecular complexity index is 571. The van der Waals surface area contributed by atoms with Gasteiger partial charge in [-0.05, 0) is 30.2 Å². The molecule has 20 heavy (non-hydrogen) atoms. The van der Waals surface area contributed by atoms with Crippen LogP contribution in [0.3, 0.4) is 0 Å². The number of fused-ring (bicyclic) bond motifs is 1. The Morgan fingerprint density at radius 2 is 2.25 bits per heavy atom. The quantitative estimate of drug-likeness (QED) is 0.906. The number of nitrogens with zero attached hydrogens (tertiary/aromatic N) is 2. The summed E-state index contributed by atoms with van der Waals surface area (Å²) in [5.41, 5.74) is 3.62. The first-order valence-corrected chi connectivity index (χ1v) is 7.14. The Kier molecular flexibility index (Phi) is 3.92. The molecular weight excluding hydrogens is 250 g/mol. The molecule has 2 heterocycles. The summed E-state index contributed by atoms with van der Waals surface area (Å²) in [6.45, 7) is 3.90. The SMILES string of the molecule is CCCNC(c1ccnnc1)c1cccc2c1OCC2. The van der Waals surface area contributed by atoms with Crippen LogP contribution in [0, 0.1) is 0 Å². The van der Waals surface area contributed by atoms with Crippen LogP contribution in [0.5, 0.6) is 5.75 Å². The fourth-order valence-corrected chi connectivity index (χ4v) is 2.64. The maximum atomic E-state index is 5.84. The van der Waals surface area contributed by atoms with E-state index in [0.717, 1.165) is 37.3 Å². The number of para-hydroxylation sites is 1. The summed E-state index contributed by atoms with van der Waals surface area (Å²) in [4.78, 5) is 0. The van der Waals surface area contributed by atoms with Crippen molar-refractivity contribution < 1.29 is 4.74 Å². The highest BCUT2D eigenvalue weighted by atomic mass is 16.5. The third kappa shape index (κ3) is 2.51. The summed E-state index contributed by atoms with van der Waals surface area (Å²) in [5.74, 6) is 1.04. The molecule has 0 spiro atoms. The van der Waals surface area contributed by atoms with Crippen molar-refractivity contribution >= 4 is 0 Å². The van der Waals surface area contributed by atoms with Gasteiger partial charge >= 0.3 is 0 Å². The van der Waals surface area contributed by atoms with Crippen LogP contribution in [-0.4, -0.2) is 23.3 Å². The van der Waals surface area contributed by atoms with Crippen molar-refractivity contribution in [3.63, 3.8) is 0 Å². The van der Waals surface area contributed by atoms with E-state index in [2.05, 4.69) is 40.6 Å². The van der Waals surface area contributed by atoms with Gasteiger partial charge in [-0.25, -0.2) is 0 Å². The van der Waals surface area contributed by atoms with Crippen LogP contribution in [0.4, 0.5) is 0 Å². The predicted octanol–water partition coefficient (Wildman–Crippen LogP) is 2.50. The van der Waals surface area contributed by atoms with E-state index < -0.39 is 0 Å². The first-order chi connectivity index (χ1) is 9.90. The van der Waals surface area contributed by atoms with Crippen LogP contribution in [0.2, 0.25) is 0 Å². The zero-order chi connectivity index (χ0) is 13.8. The molecular formula is C16H19N3O. The van der Waals surface area contributed by atoms with Gasteiger partial charge in [-0.1, -0.05) is 25.1 Å². The number of rotatable bonds is 5. The van der Waals surface area contributed by atoms with E-state index in [-0.39, 0.29) is 6.04 Å². The normalized spacial score (nSPS) is 14.7. The zero-order valence-electron chi connectivity index (χ0n) is 11.7. The number of hydrogen-bond donors (Lipinski definition) is 1. The third-order valence-electron chi connectivity index (χ3n) is 3.59. The molecule has 1 aliphatic heterocycles. The van der Waals surface area contributed by atoms with Crippen molar-refractivity contribution in [1.82, 2.24) is 15.5 Å². The van der Waals surface area contributed by atoms with Crippen LogP contribution < -0.4 is 10.1 Å². The molecule has 1 unspecified atom stereocenters. The number of nitrogens with one attached hydrogen (secondary N) is 1. The van der Waals surface area contributed by atoms with E-state index in [4.69, 9.17) is 4.74 Å². The molecule has 0 bridgehead atoms. The smallest absolute Gasteiger partial charge is 0.127 e. The average molecular weight is 269 g/mol. The molecule has 0 aliphatic carbocycles. The van der Waals surface area contributed by atoms with E-state index in [1.165, 1.54) is 11.1 Å². The molecule has 1 aliphatic rings. The highest BCUT2D eigenvalue weighted by molar-refractivity contribution is 5.48. The molecule has 0 radical (unpaired) electrons. The molecule has 0 saturated carbocycles. The second-order valence-electron chi connectivity index (χ2n) is 5.00. The standard InChI is InChI=1S/C16H19N3O/c1-2-8-17-15(13-6-9-18-19-11-13)14-5-3-4-12-7-10-20-16(12)14/h3-6,9,11,15,17H,2,7-8,10H2,1H3. The fraction of sp³-hybridized carbons (Fsp3) is 0.375. The highest BCUT2D eigenvalue weighted by Crippen LogP contribution is 2.35. The van der Waals surface area contributed by atoms with Crippen molar-refractivity contribution in [3.8, 4) is 5.75 Å². The lowest BCUT2D eigenvalue weighted by molar-refractivity contribution is 0.350. The minimum Gasteiger partial charge on any atom is -0.493 e. The average Bonchev–Trinajstić information content (AvgIpc) is 2.98. The summed E-state index contributed by atoms with van der Waals surface area (Å²) in [6.07, 6.45) is 5.64. The molecule has 1 N–H and O–H groups in total. The topological polar surface area (TPSA) is 47.0 Å². The summed E-state index contributed by atoms with van der Waals surface area (Å²) in [7, 11) is 0. The largest absolute Gasteiger partial charge is 0.493 e. The first kappa shape index (κ1) is 13.1. The Morgan fingerprint density at radius 3 is 3.05 bits per heavy atom. The van der Waals surface area contributed by atoms with Gasteiger partial charge in [0.05, 0.1) is 18.8 Å². The number of benzene rings is 1. The molecule has 1 aromatic heterocycles. The molecule has 0 saturated heterocycles. The molecule has 0 amide bonds. The van der Waals surface area contributed by atoms with Crippen molar-refractivity contribution in [3.05, 3.63) is 53.3 Å². The van der Waals surface area contributed by atoms with Crippen molar-refractivity contribution in [2.45, 2.75) is 25.8 Å². The van der Waals surface area contributed by atoms with Gasteiger partial charge in [0.1, 0.15) is 5.75 Å². The van der Waals surface area contributed by atoms with Crippen LogP contribution in [0.1, 0.15) is 36.1 Å². The van der Waals surface area contributed by atoms with Gasteiger partial charge in [0, 0.05) is 18.2 Å². The summed E-state index contributed by atoms with van der Waals surface area (Å²) in [5, 5.41) is 11.5.